The first kappa shape index (κ1) is 14.0. The molecule has 0 aliphatic heterocycles. The summed E-state index contributed by atoms with van der Waals surface area (Å²) in [6.45, 7) is 1.75. The predicted molar refractivity (Wildman–Crippen MR) is 85.2 cm³/mol. The molecule has 2 aromatic carbocycles. The number of nitrogens with zero attached hydrogens (tertiary/aromatic N) is 2. The molecule has 1 heterocycles. The lowest BCUT2D eigenvalue weighted by Gasteiger charge is -2.07. The highest BCUT2D eigenvalue weighted by Crippen LogP contribution is 2.32. The highest BCUT2D eigenvalue weighted by Gasteiger charge is 2.12. The van der Waals surface area contributed by atoms with Crippen molar-refractivity contribution in [1.82, 2.24) is 9.97 Å². The van der Waals surface area contributed by atoms with Gasteiger partial charge in [0.25, 0.3) is 0 Å². The van der Waals surface area contributed by atoms with Crippen LogP contribution >= 0.6 is 23.4 Å². The summed E-state index contributed by atoms with van der Waals surface area (Å²) >= 11 is 7.42. The van der Waals surface area contributed by atoms with Crippen molar-refractivity contribution >= 4 is 40.4 Å². The average Bonchev–Trinajstić information content (AvgIpc) is 2.47. The molecule has 0 saturated carbocycles. The largest absolute Gasteiger partial charge is 0.298 e. The standard InChI is InChI=1S/C16H11ClN2OS/c1-10-18-15(17)14(9-20)16(19-10)21-13-7-6-11-4-2-3-5-12(11)8-13/h2-9H,1H3. The van der Waals surface area contributed by atoms with E-state index in [0.29, 0.717) is 22.7 Å². The molecule has 0 fully saturated rings. The second-order valence-electron chi connectivity index (χ2n) is 4.51. The van der Waals surface area contributed by atoms with Crippen molar-refractivity contribution in [3.05, 3.63) is 59.0 Å². The Morgan fingerprint density at radius 1 is 1.10 bits per heavy atom. The summed E-state index contributed by atoms with van der Waals surface area (Å²) < 4.78 is 0. The van der Waals surface area contributed by atoms with Crippen molar-refractivity contribution in [3.8, 4) is 0 Å². The predicted octanol–water partition coefficient (Wildman–Crippen LogP) is 4.56. The molecule has 3 nitrogen and oxygen atoms in total. The first-order valence-corrected chi connectivity index (χ1v) is 7.53. The SMILES string of the molecule is Cc1nc(Cl)c(C=O)c(Sc2ccc3ccccc3c2)n1. The van der Waals surface area contributed by atoms with E-state index in [1.54, 1.807) is 6.92 Å². The Bertz CT molecular complexity index is 836. The van der Waals surface area contributed by atoms with Gasteiger partial charge < -0.3 is 0 Å². The van der Waals surface area contributed by atoms with Crippen LogP contribution in [0.4, 0.5) is 0 Å². The monoisotopic (exact) mass is 314 g/mol. The molecule has 0 N–H and O–H groups in total. The molecule has 21 heavy (non-hydrogen) atoms. The van der Waals surface area contributed by atoms with Crippen molar-refractivity contribution < 1.29 is 4.79 Å². The van der Waals surface area contributed by atoms with E-state index in [1.807, 2.05) is 24.3 Å². The highest BCUT2D eigenvalue weighted by atomic mass is 35.5. The van der Waals surface area contributed by atoms with Gasteiger partial charge >= 0.3 is 0 Å². The third kappa shape index (κ3) is 2.91. The third-order valence-electron chi connectivity index (χ3n) is 3.03. The molecule has 1 aromatic heterocycles. The number of fused-ring (bicyclic) bond motifs is 1. The Morgan fingerprint density at radius 2 is 1.86 bits per heavy atom. The van der Waals surface area contributed by atoms with Gasteiger partial charge in [-0.25, -0.2) is 9.97 Å². The molecular formula is C16H11ClN2OS. The molecule has 0 radical (unpaired) electrons. The van der Waals surface area contributed by atoms with Gasteiger partial charge in [0.05, 0.1) is 5.56 Å². The molecule has 3 aromatic rings. The van der Waals surface area contributed by atoms with E-state index in [4.69, 9.17) is 11.6 Å². The lowest BCUT2D eigenvalue weighted by Crippen LogP contribution is -1.98. The second kappa shape index (κ2) is 5.84. The number of rotatable bonds is 3. The van der Waals surface area contributed by atoms with Crippen molar-refractivity contribution in [3.63, 3.8) is 0 Å². The Morgan fingerprint density at radius 3 is 2.62 bits per heavy atom. The minimum atomic E-state index is 0.195. The molecule has 0 unspecified atom stereocenters. The van der Waals surface area contributed by atoms with Gasteiger partial charge in [-0.05, 0) is 29.8 Å². The molecule has 3 rings (SSSR count). The molecular weight excluding hydrogens is 304 g/mol. The highest BCUT2D eigenvalue weighted by molar-refractivity contribution is 7.99. The maximum atomic E-state index is 11.2. The van der Waals surface area contributed by atoms with Crippen molar-refractivity contribution in [2.24, 2.45) is 0 Å². The van der Waals surface area contributed by atoms with Gasteiger partial charge in [0, 0.05) is 4.90 Å². The van der Waals surface area contributed by atoms with Crippen LogP contribution in [0.25, 0.3) is 10.8 Å². The van der Waals surface area contributed by atoms with Crippen LogP contribution in [0.5, 0.6) is 0 Å². The molecule has 5 heteroatoms. The zero-order valence-corrected chi connectivity index (χ0v) is 12.8. The smallest absolute Gasteiger partial charge is 0.155 e. The number of hydrogen-bond donors (Lipinski definition) is 0. The molecule has 0 spiro atoms. The average molecular weight is 315 g/mol. The minimum absolute atomic E-state index is 0.195. The Hall–Kier alpha value is -1.91. The van der Waals surface area contributed by atoms with E-state index in [1.165, 1.54) is 17.1 Å². The number of hydrogen-bond acceptors (Lipinski definition) is 4. The van der Waals surface area contributed by atoms with Crippen LogP contribution in [0.3, 0.4) is 0 Å². The molecule has 0 aliphatic carbocycles. The zero-order valence-electron chi connectivity index (χ0n) is 11.2. The number of aromatic nitrogens is 2. The van der Waals surface area contributed by atoms with Gasteiger partial charge in [-0.1, -0.05) is 53.7 Å². The van der Waals surface area contributed by atoms with Crippen LogP contribution in [0.15, 0.2) is 52.4 Å². The lowest BCUT2D eigenvalue weighted by atomic mass is 10.1. The molecule has 104 valence electrons. The Kier molecular flexibility index (Phi) is 3.90. The van der Waals surface area contributed by atoms with Crippen molar-refractivity contribution in [1.29, 1.82) is 0 Å². The first-order valence-electron chi connectivity index (χ1n) is 6.33. The van der Waals surface area contributed by atoms with E-state index in [-0.39, 0.29) is 5.15 Å². The summed E-state index contributed by atoms with van der Waals surface area (Å²) in [7, 11) is 0. The van der Waals surface area contributed by atoms with Gasteiger partial charge in [0.15, 0.2) is 6.29 Å². The van der Waals surface area contributed by atoms with E-state index in [9.17, 15) is 4.79 Å². The van der Waals surface area contributed by atoms with Gasteiger partial charge in [-0.3, -0.25) is 4.79 Å². The summed E-state index contributed by atoms with van der Waals surface area (Å²) in [5, 5.41) is 3.10. The fraction of sp³-hybridized carbons (Fsp3) is 0.0625. The maximum Gasteiger partial charge on any atom is 0.155 e. The number of aldehydes is 1. The van der Waals surface area contributed by atoms with Crippen LogP contribution in [0.1, 0.15) is 16.2 Å². The van der Waals surface area contributed by atoms with E-state index >= 15 is 0 Å². The Labute approximate surface area is 131 Å². The summed E-state index contributed by atoms with van der Waals surface area (Å²) in [6.07, 6.45) is 0.700. The summed E-state index contributed by atoms with van der Waals surface area (Å²) in [5.41, 5.74) is 0.334. The number of carbonyl (C=O) groups excluding carboxylic acids is 1. The third-order valence-corrected chi connectivity index (χ3v) is 4.31. The second-order valence-corrected chi connectivity index (χ2v) is 5.93. The molecule has 0 aliphatic rings. The summed E-state index contributed by atoms with van der Waals surface area (Å²) in [6, 6.07) is 14.2. The maximum absolute atomic E-state index is 11.2. The lowest BCUT2D eigenvalue weighted by molar-refractivity contribution is 0.112. The van der Waals surface area contributed by atoms with Crippen LogP contribution in [0, 0.1) is 6.92 Å². The fourth-order valence-electron chi connectivity index (χ4n) is 2.04. The van der Waals surface area contributed by atoms with Gasteiger partial charge in [-0.15, -0.1) is 0 Å². The zero-order chi connectivity index (χ0) is 14.8. The minimum Gasteiger partial charge on any atom is -0.298 e. The van der Waals surface area contributed by atoms with Crippen LogP contribution < -0.4 is 0 Å². The number of carbonyl (C=O) groups is 1. The van der Waals surface area contributed by atoms with E-state index in [2.05, 4.69) is 28.2 Å². The molecule has 0 bridgehead atoms. The quantitative estimate of drug-likeness (QED) is 0.525. The van der Waals surface area contributed by atoms with Gasteiger partial charge in [0.1, 0.15) is 16.0 Å². The number of halogens is 1. The van der Waals surface area contributed by atoms with Gasteiger partial charge in [0.2, 0.25) is 0 Å². The van der Waals surface area contributed by atoms with Crippen molar-refractivity contribution in [2.75, 3.05) is 0 Å². The van der Waals surface area contributed by atoms with Gasteiger partial charge in [-0.2, -0.15) is 0 Å². The Balaban J connectivity index is 2.04. The number of benzene rings is 2. The summed E-state index contributed by atoms with van der Waals surface area (Å²) in [5.74, 6) is 0.550. The fourth-order valence-corrected chi connectivity index (χ4v) is 3.33. The molecule has 0 atom stereocenters. The number of aryl methyl sites for hydroxylation is 1. The van der Waals surface area contributed by atoms with E-state index < -0.39 is 0 Å². The van der Waals surface area contributed by atoms with E-state index in [0.717, 1.165) is 10.3 Å². The normalized spacial score (nSPS) is 10.8. The van der Waals surface area contributed by atoms with Crippen LogP contribution in [-0.2, 0) is 0 Å². The first-order chi connectivity index (χ1) is 10.2. The van der Waals surface area contributed by atoms with Crippen LogP contribution in [0.2, 0.25) is 5.15 Å². The topological polar surface area (TPSA) is 42.9 Å². The molecule has 0 saturated heterocycles. The van der Waals surface area contributed by atoms with Crippen molar-refractivity contribution in [2.45, 2.75) is 16.8 Å². The summed E-state index contributed by atoms with van der Waals surface area (Å²) in [4.78, 5) is 20.5. The van der Waals surface area contributed by atoms with Crippen LogP contribution in [-0.4, -0.2) is 16.3 Å². The molecule has 0 amide bonds.